The minimum Gasteiger partial charge on any atom is -0.478 e. The number of amides is 1. The number of sulfonamides is 1. The Morgan fingerprint density at radius 2 is 1.81 bits per heavy atom. The lowest BCUT2D eigenvalue weighted by Gasteiger charge is -2.36. The molecule has 1 amide bonds. The maximum absolute atomic E-state index is 12.7. The van der Waals surface area contributed by atoms with E-state index >= 15 is 0 Å². The van der Waals surface area contributed by atoms with Crippen molar-refractivity contribution in [3.05, 3.63) is 39.4 Å². The van der Waals surface area contributed by atoms with E-state index in [1.807, 2.05) is 0 Å². The van der Waals surface area contributed by atoms with Crippen molar-refractivity contribution in [3.63, 3.8) is 0 Å². The van der Waals surface area contributed by atoms with E-state index in [0.29, 0.717) is 19.4 Å². The molecular formula is C16H21N3O7S. The van der Waals surface area contributed by atoms with Gasteiger partial charge in [0.2, 0.25) is 10.0 Å². The van der Waals surface area contributed by atoms with Crippen LogP contribution >= 0.6 is 0 Å². The molecule has 0 atom stereocenters. The Labute approximate surface area is 156 Å². The first-order valence-electron chi connectivity index (χ1n) is 8.33. The number of nitro groups is 1. The summed E-state index contributed by atoms with van der Waals surface area (Å²) in [7, 11) is -3.35. The molecule has 0 radical (unpaired) electrons. The van der Waals surface area contributed by atoms with Crippen LogP contribution in [0.5, 0.6) is 0 Å². The van der Waals surface area contributed by atoms with Gasteiger partial charge in [0.05, 0.1) is 16.7 Å². The quantitative estimate of drug-likeness (QED) is 0.560. The number of carboxylic acids is 1. The molecule has 148 valence electrons. The van der Waals surface area contributed by atoms with Crippen molar-refractivity contribution in [3.8, 4) is 0 Å². The first-order chi connectivity index (χ1) is 12.5. The van der Waals surface area contributed by atoms with Gasteiger partial charge in [0, 0.05) is 43.4 Å². The second kappa shape index (κ2) is 8.01. The van der Waals surface area contributed by atoms with Gasteiger partial charge in [-0.05, 0) is 18.9 Å². The lowest BCUT2D eigenvalue weighted by Crippen LogP contribution is -2.48. The van der Waals surface area contributed by atoms with Crippen molar-refractivity contribution in [2.24, 2.45) is 0 Å². The van der Waals surface area contributed by atoms with Gasteiger partial charge in [-0.3, -0.25) is 14.9 Å². The van der Waals surface area contributed by atoms with Gasteiger partial charge in [0.15, 0.2) is 0 Å². The molecule has 0 aliphatic carbocycles. The fourth-order valence-electron chi connectivity index (χ4n) is 3.27. The zero-order valence-electron chi connectivity index (χ0n) is 15.0. The van der Waals surface area contributed by atoms with Crippen LogP contribution in [0.3, 0.4) is 0 Å². The van der Waals surface area contributed by atoms with Crippen molar-refractivity contribution in [2.75, 3.05) is 25.9 Å². The first kappa shape index (κ1) is 20.8. The number of aromatic carboxylic acids is 1. The van der Waals surface area contributed by atoms with E-state index in [-0.39, 0.29) is 30.3 Å². The van der Waals surface area contributed by atoms with Crippen LogP contribution in [0.25, 0.3) is 0 Å². The summed E-state index contributed by atoms with van der Waals surface area (Å²) in [4.78, 5) is 35.5. The zero-order chi connectivity index (χ0) is 20.4. The molecule has 1 aliphatic rings. The summed E-state index contributed by atoms with van der Waals surface area (Å²) in [6.07, 6.45) is 2.02. The van der Waals surface area contributed by atoms with Crippen LogP contribution < -0.4 is 0 Å². The lowest BCUT2D eigenvalue weighted by atomic mass is 10.0. The predicted octanol–water partition coefficient (Wildman–Crippen LogP) is 1.18. The molecule has 1 fully saturated rings. The van der Waals surface area contributed by atoms with Crippen molar-refractivity contribution in [1.29, 1.82) is 0 Å². The highest BCUT2D eigenvalue weighted by molar-refractivity contribution is 7.88. The number of hydrogen-bond donors (Lipinski definition) is 1. The SMILES string of the molecule is CCN(C1CCN(C(=O)c2cc(C(=O)O)cc([N+](=O)[O-])c2)CC1)S(C)(=O)=O. The van der Waals surface area contributed by atoms with E-state index in [1.165, 1.54) is 9.21 Å². The largest absolute Gasteiger partial charge is 0.478 e. The lowest BCUT2D eigenvalue weighted by molar-refractivity contribution is -0.384. The van der Waals surface area contributed by atoms with Crippen molar-refractivity contribution >= 4 is 27.6 Å². The molecule has 1 N–H and O–H groups in total. The van der Waals surface area contributed by atoms with Crippen molar-refractivity contribution in [1.82, 2.24) is 9.21 Å². The molecule has 1 saturated heterocycles. The van der Waals surface area contributed by atoms with Crippen LogP contribution in [0.4, 0.5) is 5.69 Å². The highest BCUT2D eigenvalue weighted by atomic mass is 32.2. The van der Waals surface area contributed by atoms with Crippen LogP contribution in [0.2, 0.25) is 0 Å². The molecule has 11 heteroatoms. The number of nitro benzene ring substituents is 1. The molecule has 1 heterocycles. The van der Waals surface area contributed by atoms with Crippen LogP contribution in [-0.2, 0) is 10.0 Å². The summed E-state index contributed by atoms with van der Waals surface area (Å²) in [5.41, 5.74) is -0.880. The molecule has 0 unspecified atom stereocenters. The average Bonchev–Trinajstić information content (AvgIpc) is 2.60. The Morgan fingerprint density at radius 1 is 1.26 bits per heavy atom. The van der Waals surface area contributed by atoms with Crippen molar-refractivity contribution in [2.45, 2.75) is 25.8 Å². The molecule has 0 spiro atoms. The van der Waals surface area contributed by atoms with E-state index in [1.54, 1.807) is 6.92 Å². The summed E-state index contributed by atoms with van der Waals surface area (Å²) in [5, 5.41) is 20.1. The number of rotatable bonds is 6. The standard InChI is InChI=1S/C16H21N3O7S/c1-3-18(27(2,25)26)13-4-6-17(7-5-13)15(20)11-8-12(16(21)22)10-14(9-11)19(23)24/h8-10,13H,3-7H2,1-2H3,(H,21,22). The third kappa shape index (κ3) is 4.80. The van der Waals surface area contributed by atoms with Gasteiger partial charge in [0.25, 0.3) is 11.6 Å². The number of benzene rings is 1. The number of hydrogen-bond acceptors (Lipinski definition) is 6. The fraction of sp³-hybridized carbons (Fsp3) is 0.500. The second-order valence-corrected chi connectivity index (χ2v) is 8.26. The molecule has 1 aromatic rings. The van der Waals surface area contributed by atoms with E-state index in [4.69, 9.17) is 5.11 Å². The van der Waals surface area contributed by atoms with E-state index in [2.05, 4.69) is 0 Å². The Hall–Kier alpha value is -2.53. The maximum atomic E-state index is 12.7. The van der Waals surface area contributed by atoms with Crippen LogP contribution in [0.1, 0.15) is 40.5 Å². The average molecular weight is 399 g/mol. The first-order valence-corrected chi connectivity index (χ1v) is 10.2. The summed E-state index contributed by atoms with van der Waals surface area (Å²) in [5.74, 6) is -1.87. The number of likely N-dealkylation sites (tertiary alicyclic amines) is 1. The minimum absolute atomic E-state index is 0.0736. The number of non-ortho nitro benzene ring substituents is 1. The minimum atomic E-state index is -3.35. The smallest absolute Gasteiger partial charge is 0.335 e. The Balaban J connectivity index is 2.18. The van der Waals surface area contributed by atoms with Gasteiger partial charge < -0.3 is 10.0 Å². The normalized spacial score (nSPS) is 15.7. The monoisotopic (exact) mass is 399 g/mol. The summed E-state index contributed by atoms with van der Waals surface area (Å²) in [6, 6.07) is 2.85. The van der Waals surface area contributed by atoms with E-state index < -0.39 is 32.5 Å². The number of piperidine rings is 1. The third-order valence-electron chi connectivity index (χ3n) is 4.52. The number of carbonyl (C=O) groups is 2. The topological polar surface area (TPSA) is 138 Å². The summed E-state index contributed by atoms with van der Waals surface area (Å²) in [6.45, 7) is 2.64. The van der Waals surface area contributed by atoms with Gasteiger partial charge in [-0.25, -0.2) is 13.2 Å². The van der Waals surface area contributed by atoms with E-state index in [0.717, 1.165) is 24.5 Å². The van der Waals surface area contributed by atoms with Gasteiger partial charge in [-0.15, -0.1) is 0 Å². The molecule has 1 aliphatic heterocycles. The summed E-state index contributed by atoms with van der Waals surface area (Å²) >= 11 is 0. The number of carboxylic acid groups (broad SMARTS) is 1. The molecule has 10 nitrogen and oxygen atoms in total. The molecule has 0 aromatic heterocycles. The van der Waals surface area contributed by atoms with Gasteiger partial charge in [-0.2, -0.15) is 4.31 Å². The predicted molar refractivity (Wildman–Crippen MR) is 96.2 cm³/mol. The highest BCUT2D eigenvalue weighted by Gasteiger charge is 2.31. The third-order valence-corrected chi connectivity index (χ3v) is 5.93. The van der Waals surface area contributed by atoms with Crippen LogP contribution in [-0.4, -0.2) is 71.5 Å². The Morgan fingerprint density at radius 3 is 2.26 bits per heavy atom. The molecule has 0 saturated carbocycles. The van der Waals surface area contributed by atoms with Crippen LogP contribution in [0.15, 0.2) is 18.2 Å². The number of nitrogens with zero attached hydrogens (tertiary/aromatic N) is 3. The second-order valence-electron chi connectivity index (χ2n) is 6.32. The van der Waals surface area contributed by atoms with Gasteiger partial charge in [-0.1, -0.05) is 6.92 Å². The molecule has 2 rings (SSSR count). The fourth-order valence-corrected chi connectivity index (χ4v) is 4.49. The highest BCUT2D eigenvalue weighted by Crippen LogP contribution is 2.23. The number of carbonyl (C=O) groups excluding carboxylic acids is 1. The molecule has 1 aromatic carbocycles. The Bertz CT molecular complexity index is 829. The molecular weight excluding hydrogens is 378 g/mol. The van der Waals surface area contributed by atoms with E-state index in [9.17, 15) is 28.1 Å². The van der Waals surface area contributed by atoms with Gasteiger partial charge >= 0.3 is 5.97 Å². The van der Waals surface area contributed by atoms with Crippen LogP contribution in [0, 0.1) is 10.1 Å². The molecule has 0 bridgehead atoms. The molecule has 27 heavy (non-hydrogen) atoms. The van der Waals surface area contributed by atoms with Crippen molar-refractivity contribution < 1.29 is 28.0 Å². The van der Waals surface area contributed by atoms with Gasteiger partial charge in [0.1, 0.15) is 0 Å². The maximum Gasteiger partial charge on any atom is 0.335 e. The Kier molecular flexibility index (Phi) is 6.16. The summed E-state index contributed by atoms with van der Waals surface area (Å²) < 4.78 is 25.0. The zero-order valence-corrected chi connectivity index (χ0v) is 15.8.